The molecule has 106 valence electrons. The number of hydrogen-bond acceptors (Lipinski definition) is 4. The van der Waals surface area contributed by atoms with E-state index in [-0.39, 0.29) is 11.4 Å². The average molecular weight is 312 g/mol. The van der Waals surface area contributed by atoms with Crippen molar-refractivity contribution < 1.29 is 8.42 Å². The van der Waals surface area contributed by atoms with Gasteiger partial charge in [-0.2, -0.15) is 0 Å². The fraction of sp³-hybridized carbons (Fsp3) is 0.154. The van der Waals surface area contributed by atoms with Gasteiger partial charge in [0, 0.05) is 17.3 Å². The number of nitrogens with one attached hydrogen (secondary N) is 1. The maximum absolute atomic E-state index is 12.2. The summed E-state index contributed by atoms with van der Waals surface area (Å²) in [6.07, 6.45) is 1.46. The lowest BCUT2D eigenvalue weighted by atomic mass is 10.2. The normalized spacial score (nSPS) is 11.3. The van der Waals surface area contributed by atoms with Crippen molar-refractivity contribution in [1.82, 2.24) is 4.98 Å². The van der Waals surface area contributed by atoms with Gasteiger partial charge in [-0.05, 0) is 36.8 Å². The highest BCUT2D eigenvalue weighted by molar-refractivity contribution is 7.92. The minimum atomic E-state index is -3.69. The summed E-state index contributed by atoms with van der Waals surface area (Å²) in [5.74, 6) is 0. The molecule has 0 aliphatic carbocycles. The molecule has 0 aliphatic heterocycles. The van der Waals surface area contributed by atoms with Gasteiger partial charge in [-0.3, -0.25) is 9.71 Å². The third-order valence-corrected chi connectivity index (χ3v) is 4.45. The first kappa shape index (κ1) is 14.8. The van der Waals surface area contributed by atoms with Crippen LogP contribution in [0.15, 0.2) is 41.4 Å². The van der Waals surface area contributed by atoms with Crippen LogP contribution in [0, 0.1) is 6.92 Å². The Morgan fingerprint density at radius 3 is 2.60 bits per heavy atom. The summed E-state index contributed by atoms with van der Waals surface area (Å²) in [7, 11) is -3.69. The molecule has 1 heterocycles. The van der Waals surface area contributed by atoms with Crippen molar-refractivity contribution in [2.75, 3.05) is 4.72 Å². The van der Waals surface area contributed by atoms with Crippen LogP contribution in [0.2, 0.25) is 5.02 Å². The Balaban J connectivity index is 2.30. The van der Waals surface area contributed by atoms with Gasteiger partial charge in [0.2, 0.25) is 0 Å². The molecule has 20 heavy (non-hydrogen) atoms. The lowest BCUT2D eigenvalue weighted by Crippen LogP contribution is -2.13. The predicted octanol–water partition coefficient (Wildman–Crippen LogP) is 2.30. The molecule has 2 rings (SSSR count). The number of aryl methyl sites for hydroxylation is 1. The smallest absolute Gasteiger partial charge is 0.261 e. The number of anilines is 1. The SMILES string of the molecule is Cc1ccc(NS(=O)(=O)c2ccc(CN)c(Cl)c2)cn1. The van der Waals surface area contributed by atoms with Crippen LogP contribution in [0.1, 0.15) is 11.3 Å². The van der Waals surface area contributed by atoms with Crippen molar-refractivity contribution in [2.45, 2.75) is 18.4 Å². The van der Waals surface area contributed by atoms with Crippen molar-refractivity contribution in [3.63, 3.8) is 0 Å². The molecule has 0 aliphatic rings. The van der Waals surface area contributed by atoms with E-state index in [1.807, 2.05) is 6.92 Å². The van der Waals surface area contributed by atoms with Crippen LogP contribution >= 0.6 is 11.6 Å². The van der Waals surface area contributed by atoms with Gasteiger partial charge >= 0.3 is 0 Å². The van der Waals surface area contributed by atoms with E-state index in [0.29, 0.717) is 16.3 Å². The summed E-state index contributed by atoms with van der Waals surface area (Å²) in [4.78, 5) is 4.12. The summed E-state index contributed by atoms with van der Waals surface area (Å²) in [5.41, 5.74) is 7.39. The monoisotopic (exact) mass is 311 g/mol. The number of hydrogen-bond donors (Lipinski definition) is 2. The van der Waals surface area contributed by atoms with Gasteiger partial charge in [0.1, 0.15) is 0 Å². The Morgan fingerprint density at radius 1 is 1.30 bits per heavy atom. The van der Waals surface area contributed by atoms with Crippen molar-refractivity contribution in [1.29, 1.82) is 0 Å². The molecule has 0 saturated heterocycles. The molecule has 3 N–H and O–H groups in total. The molecule has 7 heteroatoms. The van der Waals surface area contributed by atoms with Crippen LogP contribution in [-0.4, -0.2) is 13.4 Å². The van der Waals surface area contributed by atoms with E-state index in [1.54, 1.807) is 18.2 Å². The third kappa shape index (κ3) is 3.27. The number of nitrogens with two attached hydrogens (primary N) is 1. The highest BCUT2D eigenvalue weighted by atomic mass is 35.5. The van der Waals surface area contributed by atoms with E-state index >= 15 is 0 Å². The zero-order chi connectivity index (χ0) is 14.8. The number of halogens is 1. The second-order valence-electron chi connectivity index (χ2n) is 4.25. The quantitative estimate of drug-likeness (QED) is 0.907. The molecular formula is C13H14ClN3O2S. The molecule has 0 amide bonds. The lowest BCUT2D eigenvalue weighted by molar-refractivity contribution is 0.601. The molecule has 0 unspecified atom stereocenters. The first-order valence-corrected chi connectivity index (χ1v) is 7.72. The third-order valence-electron chi connectivity index (χ3n) is 2.72. The Kier molecular flexibility index (Phi) is 4.27. The molecule has 0 radical (unpaired) electrons. The number of nitrogens with zero attached hydrogens (tertiary/aromatic N) is 1. The van der Waals surface area contributed by atoms with Gasteiger partial charge in [-0.15, -0.1) is 0 Å². The summed E-state index contributed by atoms with van der Waals surface area (Å²) < 4.78 is 26.9. The van der Waals surface area contributed by atoms with Crippen LogP contribution in [0.25, 0.3) is 0 Å². The first-order valence-electron chi connectivity index (χ1n) is 5.86. The number of pyridine rings is 1. The van der Waals surface area contributed by atoms with Gasteiger partial charge in [-0.25, -0.2) is 8.42 Å². The van der Waals surface area contributed by atoms with Gasteiger partial charge in [-0.1, -0.05) is 17.7 Å². The standard InChI is InChI=1S/C13H14ClN3O2S/c1-9-2-4-11(8-16-9)17-20(18,19)12-5-3-10(7-15)13(14)6-12/h2-6,8,17H,7,15H2,1H3. The highest BCUT2D eigenvalue weighted by Gasteiger charge is 2.15. The van der Waals surface area contributed by atoms with Crippen molar-refractivity contribution in [3.05, 3.63) is 52.8 Å². The molecule has 2 aromatic rings. The fourth-order valence-corrected chi connectivity index (χ4v) is 2.99. The molecule has 0 spiro atoms. The Bertz CT molecular complexity index is 715. The van der Waals surface area contributed by atoms with E-state index in [9.17, 15) is 8.42 Å². The maximum Gasteiger partial charge on any atom is 0.261 e. The minimum Gasteiger partial charge on any atom is -0.326 e. The fourth-order valence-electron chi connectivity index (χ4n) is 1.60. The van der Waals surface area contributed by atoms with E-state index in [1.165, 1.54) is 18.3 Å². The molecule has 5 nitrogen and oxygen atoms in total. The van der Waals surface area contributed by atoms with Crippen molar-refractivity contribution in [3.8, 4) is 0 Å². The molecule has 1 aromatic carbocycles. The molecular weight excluding hydrogens is 298 g/mol. The number of sulfonamides is 1. The maximum atomic E-state index is 12.2. The highest BCUT2D eigenvalue weighted by Crippen LogP contribution is 2.22. The van der Waals surface area contributed by atoms with Gasteiger partial charge in [0.25, 0.3) is 10.0 Å². The second-order valence-corrected chi connectivity index (χ2v) is 6.34. The second kappa shape index (κ2) is 5.78. The summed E-state index contributed by atoms with van der Waals surface area (Å²) in [5, 5.41) is 0.331. The molecule has 0 saturated carbocycles. The van der Waals surface area contributed by atoms with Gasteiger partial charge in [0.15, 0.2) is 0 Å². The Morgan fingerprint density at radius 2 is 2.05 bits per heavy atom. The van der Waals surface area contributed by atoms with Crippen molar-refractivity contribution >= 4 is 27.3 Å². The van der Waals surface area contributed by atoms with Gasteiger partial charge < -0.3 is 5.73 Å². The first-order chi connectivity index (χ1) is 9.42. The van der Waals surface area contributed by atoms with Gasteiger partial charge in [0.05, 0.1) is 16.8 Å². The average Bonchev–Trinajstić information content (AvgIpc) is 2.41. The lowest BCUT2D eigenvalue weighted by Gasteiger charge is -2.09. The minimum absolute atomic E-state index is 0.0836. The van der Waals surface area contributed by atoms with E-state index in [2.05, 4.69) is 9.71 Å². The summed E-state index contributed by atoms with van der Waals surface area (Å²) in [6.45, 7) is 2.08. The molecule has 0 bridgehead atoms. The summed E-state index contributed by atoms with van der Waals surface area (Å²) >= 11 is 5.97. The van der Waals surface area contributed by atoms with Crippen LogP contribution in [0.4, 0.5) is 5.69 Å². The van der Waals surface area contributed by atoms with Crippen LogP contribution in [-0.2, 0) is 16.6 Å². The Hall–Kier alpha value is -1.63. The molecule has 0 fully saturated rings. The van der Waals surface area contributed by atoms with Crippen LogP contribution < -0.4 is 10.5 Å². The number of aromatic nitrogens is 1. The largest absolute Gasteiger partial charge is 0.326 e. The molecule has 1 aromatic heterocycles. The molecule has 0 atom stereocenters. The van der Waals surface area contributed by atoms with Crippen LogP contribution in [0.3, 0.4) is 0 Å². The van der Waals surface area contributed by atoms with E-state index in [0.717, 1.165) is 5.69 Å². The Labute approximate surface area is 122 Å². The summed E-state index contributed by atoms with van der Waals surface area (Å²) in [6, 6.07) is 7.83. The zero-order valence-electron chi connectivity index (χ0n) is 10.8. The van der Waals surface area contributed by atoms with E-state index < -0.39 is 10.0 Å². The topological polar surface area (TPSA) is 85.1 Å². The zero-order valence-corrected chi connectivity index (χ0v) is 12.4. The van der Waals surface area contributed by atoms with Crippen molar-refractivity contribution in [2.24, 2.45) is 5.73 Å². The predicted molar refractivity (Wildman–Crippen MR) is 79.1 cm³/mol. The van der Waals surface area contributed by atoms with E-state index in [4.69, 9.17) is 17.3 Å². The number of benzene rings is 1. The van der Waals surface area contributed by atoms with Crippen LogP contribution in [0.5, 0.6) is 0 Å². The number of rotatable bonds is 4.